The molecule has 0 atom stereocenters. The number of hydrogen-bond acceptors (Lipinski definition) is 5. The van der Waals surface area contributed by atoms with Gasteiger partial charge >= 0.3 is 0 Å². The van der Waals surface area contributed by atoms with Gasteiger partial charge in [-0.2, -0.15) is 4.31 Å². The minimum atomic E-state index is -3.55. The summed E-state index contributed by atoms with van der Waals surface area (Å²) >= 11 is 0. The fraction of sp³-hybridized carbons (Fsp3) is 0.400. The second-order valence-electron chi connectivity index (χ2n) is 5.74. The number of nitrogens with one attached hydrogen (secondary N) is 1. The Kier molecular flexibility index (Phi) is 4.37. The fourth-order valence-electron chi connectivity index (χ4n) is 2.60. The number of rotatable bonds is 5. The predicted octanol–water partition coefficient (Wildman–Crippen LogP) is 1.18. The lowest BCUT2D eigenvalue weighted by atomic mass is 10.2. The van der Waals surface area contributed by atoms with Crippen LogP contribution < -0.4 is 5.32 Å². The lowest BCUT2D eigenvalue weighted by molar-refractivity contribution is -0.115. The zero-order valence-corrected chi connectivity index (χ0v) is 14.3. The second-order valence-corrected chi connectivity index (χ2v) is 7.65. The topological polar surface area (TPSA) is 97.2 Å². The molecule has 2 heterocycles. The number of hydrogen-bond donors (Lipinski definition) is 1. The van der Waals surface area contributed by atoms with Gasteiger partial charge in [0, 0.05) is 31.4 Å². The van der Waals surface area contributed by atoms with Gasteiger partial charge in [0.25, 0.3) is 0 Å². The first-order valence-corrected chi connectivity index (χ1v) is 9.12. The van der Waals surface area contributed by atoms with Gasteiger partial charge in [0.1, 0.15) is 0 Å². The number of aryl methyl sites for hydroxylation is 1. The molecule has 1 fully saturated rings. The molecule has 1 aromatic heterocycles. The minimum absolute atomic E-state index is 0.0192. The second kappa shape index (κ2) is 6.33. The standard InChI is InChI=1S/C15H19N5O3S/c1-3-15(21)17-12-4-5-14(11(2)8-12)24(22,23)19-9-13(10-19)20-7-6-16-18-20/h4-8,13H,3,9-10H2,1-2H3,(H,17,21). The highest BCUT2D eigenvalue weighted by molar-refractivity contribution is 7.89. The molecule has 1 saturated heterocycles. The maximum atomic E-state index is 12.7. The lowest BCUT2D eigenvalue weighted by Crippen LogP contribution is -2.50. The number of sulfonamides is 1. The van der Waals surface area contributed by atoms with Gasteiger partial charge in [-0.1, -0.05) is 12.1 Å². The number of carbonyl (C=O) groups is 1. The molecule has 2 aromatic rings. The van der Waals surface area contributed by atoms with Crippen LogP contribution in [-0.2, 0) is 14.8 Å². The number of carbonyl (C=O) groups excluding carboxylic acids is 1. The molecule has 0 radical (unpaired) electrons. The molecule has 0 bridgehead atoms. The van der Waals surface area contributed by atoms with Gasteiger partial charge in [0.2, 0.25) is 15.9 Å². The molecule has 1 N–H and O–H groups in total. The van der Waals surface area contributed by atoms with E-state index in [9.17, 15) is 13.2 Å². The van der Waals surface area contributed by atoms with E-state index in [4.69, 9.17) is 0 Å². The van der Waals surface area contributed by atoms with Crippen LogP contribution in [-0.4, -0.2) is 46.7 Å². The van der Waals surface area contributed by atoms with Gasteiger partial charge in [-0.15, -0.1) is 5.10 Å². The van der Waals surface area contributed by atoms with Crippen LogP contribution in [0.2, 0.25) is 0 Å². The third-order valence-corrected chi connectivity index (χ3v) is 6.03. The lowest BCUT2D eigenvalue weighted by Gasteiger charge is -2.37. The molecule has 3 rings (SSSR count). The molecule has 128 valence electrons. The van der Waals surface area contributed by atoms with Crippen molar-refractivity contribution in [1.29, 1.82) is 0 Å². The average molecular weight is 349 g/mol. The van der Waals surface area contributed by atoms with E-state index in [1.54, 1.807) is 49.1 Å². The van der Waals surface area contributed by atoms with Gasteiger partial charge < -0.3 is 5.32 Å². The monoisotopic (exact) mass is 349 g/mol. The summed E-state index contributed by atoms with van der Waals surface area (Å²) in [6.07, 6.45) is 3.67. The van der Waals surface area contributed by atoms with Crippen LogP contribution in [0, 0.1) is 6.92 Å². The molecule has 8 nitrogen and oxygen atoms in total. The Morgan fingerprint density at radius 3 is 2.71 bits per heavy atom. The van der Waals surface area contributed by atoms with Crippen molar-refractivity contribution in [3.63, 3.8) is 0 Å². The van der Waals surface area contributed by atoms with E-state index < -0.39 is 10.0 Å². The Balaban J connectivity index is 1.75. The predicted molar refractivity (Wildman–Crippen MR) is 87.9 cm³/mol. The number of benzene rings is 1. The van der Waals surface area contributed by atoms with Gasteiger partial charge in [-0.05, 0) is 30.7 Å². The van der Waals surface area contributed by atoms with Crippen molar-refractivity contribution >= 4 is 21.6 Å². The highest BCUT2D eigenvalue weighted by Crippen LogP contribution is 2.30. The highest BCUT2D eigenvalue weighted by atomic mass is 32.2. The van der Waals surface area contributed by atoms with Crippen LogP contribution in [0.1, 0.15) is 24.9 Å². The molecule has 0 unspecified atom stereocenters. The quantitative estimate of drug-likeness (QED) is 0.874. The minimum Gasteiger partial charge on any atom is -0.326 e. The fourth-order valence-corrected chi connectivity index (χ4v) is 4.32. The van der Waals surface area contributed by atoms with Crippen LogP contribution >= 0.6 is 0 Å². The molecule has 0 aliphatic carbocycles. The molecule has 9 heteroatoms. The third-order valence-electron chi connectivity index (χ3n) is 4.04. The number of anilines is 1. The summed E-state index contributed by atoms with van der Waals surface area (Å²) in [6, 6.07) is 4.85. The van der Waals surface area contributed by atoms with Gasteiger partial charge in [0.15, 0.2) is 0 Å². The normalized spacial score (nSPS) is 15.9. The Morgan fingerprint density at radius 2 is 2.12 bits per heavy atom. The maximum Gasteiger partial charge on any atom is 0.243 e. The van der Waals surface area contributed by atoms with Crippen LogP contribution in [0.15, 0.2) is 35.5 Å². The van der Waals surface area contributed by atoms with Gasteiger partial charge in [-0.3, -0.25) is 4.79 Å². The molecular formula is C15H19N5O3S. The van der Waals surface area contributed by atoms with Crippen molar-refractivity contribution in [1.82, 2.24) is 19.3 Å². The Bertz CT molecular complexity index is 842. The number of aromatic nitrogens is 3. The van der Waals surface area contributed by atoms with E-state index >= 15 is 0 Å². The van der Waals surface area contributed by atoms with Crippen molar-refractivity contribution in [3.05, 3.63) is 36.2 Å². The van der Waals surface area contributed by atoms with Crippen LogP contribution in [0.4, 0.5) is 5.69 Å². The van der Waals surface area contributed by atoms with Crippen LogP contribution in [0.5, 0.6) is 0 Å². The van der Waals surface area contributed by atoms with Crippen LogP contribution in [0.3, 0.4) is 0 Å². The van der Waals surface area contributed by atoms with E-state index in [0.717, 1.165) is 0 Å². The maximum absolute atomic E-state index is 12.7. The summed E-state index contributed by atoms with van der Waals surface area (Å²) in [7, 11) is -3.55. The molecule has 24 heavy (non-hydrogen) atoms. The Labute approximate surface area is 140 Å². The summed E-state index contributed by atoms with van der Waals surface area (Å²) in [6.45, 7) is 4.23. The van der Waals surface area contributed by atoms with Crippen LogP contribution in [0.25, 0.3) is 0 Å². The Hall–Kier alpha value is -2.26. The van der Waals surface area contributed by atoms with E-state index in [-0.39, 0.29) is 16.8 Å². The zero-order valence-electron chi connectivity index (χ0n) is 13.5. The molecule has 1 amide bonds. The summed E-state index contributed by atoms with van der Waals surface area (Å²) in [5.74, 6) is -0.108. The first-order chi connectivity index (χ1) is 11.4. The molecule has 1 aliphatic heterocycles. The zero-order chi connectivity index (χ0) is 17.3. The van der Waals surface area contributed by atoms with Crippen molar-refractivity contribution in [2.45, 2.75) is 31.2 Å². The smallest absolute Gasteiger partial charge is 0.243 e. The van der Waals surface area contributed by atoms with E-state index in [0.29, 0.717) is 30.8 Å². The first-order valence-electron chi connectivity index (χ1n) is 7.68. The third kappa shape index (κ3) is 3.04. The van der Waals surface area contributed by atoms with Crippen molar-refractivity contribution in [2.24, 2.45) is 0 Å². The molecule has 0 spiro atoms. The highest BCUT2D eigenvalue weighted by Gasteiger charge is 2.38. The average Bonchev–Trinajstić information content (AvgIpc) is 2.99. The summed E-state index contributed by atoms with van der Waals surface area (Å²) in [4.78, 5) is 11.7. The summed E-state index contributed by atoms with van der Waals surface area (Å²) in [5, 5.41) is 10.4. The molecular weight excluding hydrogens is 330 g/mol. The summed E-state index contributed by atoms with van der Waals surface area (Å²) in [5.41, 5.74) is 1.20. The van der Waals surface area contributed by atoms with Gasteiger partial charge in [0.05, 0.1) is 17.1 Å². The van der Waals surface area contributed by atoms with E-state index in [1.807, 2.05) is 0 Å². The molecule has 0 saturated carbocycles. The number of amides is 1. The van der Waals surface area contributed by atoms with Crippen molar-refractivity contribution in [2.75, 3.05) is 18.4 Å². The largest absolute Gasteiger partial charge is 0.326 e. The molecule has 1 aliphatic rings. The van der Waals surface area contributed by atoms with Crippen molar-refractivity contribution < 1.29 is 13.2 Å². The SMILES string of the molecule is CCC(=O)Nc1ccc(S(=O)(=O)N2CC(n3ccnn3)C2)c(C)c1. The van der Waals surface area contributed by atoms with Crippen molar-refractivity contribution in [3.8, 4) is 0 Å². The van der Waals surface area contributed by atoms with E-state index in [2.05, 4.69) is 15.6 Å². The van der Waals surface area contributed by atoms with Gasteiger partial charge in [-0.25, -0.2) is 13.1 Å². The van der Waals surface area contributed by atoms with E-state index in [1.165, 1.54) is 4.31 Å². The number of nitrogens with zero attached hydrogens (tertiary/aromatic N) is 4. The Morgan fingerprint density at radius 1 is 1.38 bits per heavy atom. The summed E-state index contributed by atoms with van der Waals surface area (Å²) < 4.78 is 28.6. The molecule has 1 aromatic carbocycles. The first kappa shape index (κ1) is 16.6.